The molecule has 0 heterocycles. The molecule has 0 aromatic heterocycles. The molecule has 1 aromatic rings. The highest BCUT2D eigenvalue weighted by Gasteiger charge is 2.20. The van der Waals surface area contributed by atoms with Crippen molar-refractivity contribution in [3.05, 3.63) is 47.5 Å². The summed E-state index contributed by atoms with van der Waals surface area (Å²) >= 11 is 0. The van der Waals surface area contributed by atoms with Crippen LogP contribution in [0.3, 0.4) is 0 Å². The lowest BCUT2D eigenvalue weighted by Gasteiger charge is -2.08. The van der Waals surface area contributed by atoms with Gasteiger partial charge in [0.05, 0.1) is 16.7 Å². The molecule has 22 heavy (non-hydrogen) atoms. The lowest BCUT2D eigenvalue weighted by Crippen LogP contribution is -2.16. The summed E-state index contributed by atoms with van der Waals surface area (Å²) in [5.74, 6) is -4.44. The maximum absolute atomic E-state index is 11.8. The number of carbonyl (C=O) groups excluding carboxylic acids is 2. The van der Waals surface area contributed by atoms with E-state index in [-0.39, 0.29) is 25.8 Å². The Hall–Kier alpha value is -3.16. The van der Waals surface area contributed by atoms with Crippen molar-refractivity contribution in [3.63, 3.8) is 0 Å². The Morgan fingerprint density at radius 1 is 1.05 bits per heavy atom. The first-order valence-corrected chi connectivity index (χ1v) is 5.93. The van der Waals surface area contributed by atoms with Crippen molar-refractivity contribution in [1.29, 1.82) is 0 Å². The summed E-state index contributed by atoms with van der Waals surface area (Å²) in [5.41, 5.74) is -1.06. The van der Waals surface area contributed by atoms with Crippen molar-refractivity contribution in [1.82, 2.24) is 0 Å². The summed E-state index contributed by atoms with van der Waals surface area (Å²) in [4.78, 5) is 44.4. The van der Waals surface area contributed by atoms with Crippen LogP contribution < -0.4 is 0 Å². The van der Waals surface area contributed by atoms with Gasteiger partial charge in [-0.25, -0.2) is 19.2 Å². The highest BCUT2D eigenvalue weighted by Crippen LogP contribution is 2.14. The molecule has 1 aromatic carbocycles. The van der Waals surface area contributed by atoms with Crippen LogP contribution in [0.15, 0.2) is 30.9 Å². The Morgan fingerprint density at radius 2 is 1.68 bits per heavy atom. The molecule has 1 rings (SSSR count). The number of aromatic carboxylic acids is 2. The number of ether oxygens (including phenoxy) is 2. The topological polar surface area (TPSA) is 127 Å². The third-order valence-electron chi connectivity index (χ3n) is 2.44. The molecular formula is C14H14O8. The first kappa shape index (κ1) is 16.9. The van der Waals surface area contributed by atoms with E-state index >= 15 is 0 Å². The molecule has 0 saturated carbocycles. The van der Waals surface area contributed by atoms with Gasteiger partial charge in [0, 0.05) is 7.50 Å². The first-order valence-electron chi connectivity index (χ1n) is 5.93. The summed E-state index contributed by atoms with van der Waals surface area (Å²) in [6.45, 7) is 2.68. The zero-order valence-corrected chi connectivity index (χ0v) is 11.3. The maximum Gasteiger partial charge on any atom is 0.339 e. The Bertz CT molecular complexity index is 638. The lowest BCUT2D eigenvalue weighted by atomic mass is 10.0. The van der Waals surface area contributed by atoms with Gasteiger partial charge in [-0.3, -0.25) is 0 Å². The second-order valence-electron chi connectivity index (χ2n) is 3.88. The van der Waals surface area contributed by atoms with Gasteiger partial charge in [0.1, 0.15) is 13.2 Å². The van der Waals surface area contributed by atoms with E-state index in [4.69, 9.17) is 14.9 Å². The van der Waals surface area contributed by atoms with E-state index in [1.165, 1.54) is 0 Å². The summed E-state index contributed by atoms with van der Waals surface area (Å²) in [7, 11) is 0. The van der Waals surface area contributed by atoms with E-state index < -0.39 is 29.4 Å². The highest BCUT2D eigenvalue weighted by atomic mass is 16.6. The molecule has 0 fully saturated rings. The van der Waals surface area contributed by atoms with E-state index in [2.05, 4.69) is 11.3 Å². The molecule has 0 aliphatic carbocycles. The van der Waals surface area contributed by atoms with Gasteiger partial charge in [-0.1, -0.05) is 6.58 Å². The van der Waals surface area contributed by atoms with Crippen molar-refractivity contribution in [2.24, 2.45) is 0 Å². The average Bonchev–Trinajstić information content (AvgIpc) is 2.50. The predicted octanol–water partition coefficient (Wildman–Crippen LogP) is 1.22. The monoisotopic (exact) mass is 310 g/mol. The van der Waals surface area contributed by atoms with Crippen molar-refractivity contribution < 1.29 is 40.3 Å². The minimum absolute atomic E-state index is 0. The van der Waals surface area contributed by atoms with Crippen molar-refractivity contribution in [3.8, 4) is 0 Å². The third-order valence-corrected chi connectivity index (χ3v) is 2.44. The SMILES string of the molecule is C=CC(=O)OCCOC(=O)c1ccc(C(=O)O)cc1C(=O)O.[HH]. The van der Waals surface area contributed by atoms with Gasteiger partial charge in [-0.2, -0.15) is 0 Å². The van der Waals surface area contributed by atoms with Gasteiger partial charge in [0.25, 0.3) is 0 Å². The molecular weight excluding hydrogens is 296 g/mol. The largest absolute Gasteiger partial charge is 0.478 e. The van der Waals surface area contributed by atoms with E-state index in [1.807, 2.05) is 0 Å². The summed E-state index contributed by atoms with van der Waals surface area (Å²) in [6.07, 6.45) is 0.939. The van der Waals surface area contributed by atoms with E-state index in [0.29, 0.717) is 0 Å². The number of hydrogen-bond acceptors (Lipinski definition) is 6. The fourth-order valence-corrected chi connectivity index (χ4v) is 1.45. The molecule has 118 valence electrons. The third kappa shape index (κ3) is 4.44. The average molecular weight is 310 g/mol. The number of carboxylic acids is 2. The first-order chi connectivity index (χ1) is 10.4. The van der Waals surface area contributed by atoms with Crippen LogP contribution in [-0.2, 0) is 14.3 Å². The molecule has 0 aliphatic heterocycles. The van der Waals surface area contributed by atoms with Crippen LogP contribution in [-0.4, -0.2) is 47.3 Å². The smallest absolute Gasteiger partial charge is 0.339 e. The van der Waals surface area contributed by atoms with E-state index in [1.54, 1.807) is 0 Å². The van der Waals surface area contributed by atoms with Crippen LogP contribution in [0.25, 0.3) is 0 Å². The number of benzene rings is 1. The number of carboxylic acid groups (broad SMARTS) is 2. The fraction of sp³-hybridized carbons (Fsp3) is 0.143. The maximum atomic E-state index is 11.8. The molecule has 0 atom stereocenters. The van der Waals surface area contributed by atoms with Crippen LogP contribution >= 0.6 is 0 Å². The summed E-state index contributed by atoms with van der Waals surface area (Å²) in [6, 6.07) is 2.99. The minimum Gasteiger partial charge on any atom is -0.478 e. The summed E-state index contributed by atoms with van der Waals surface area (Å²) < 4.78 is 9.33. The van der Waals surface area contributed by atoms with Gasteiger partial charge >= 0.3 is 23.9 Å². The molecule has 0 radical (unpaired) electrons. The molecule has 0 unspecified atom stereocenters. The molecule has 0 saturated heterocycles. The van der Waals surface area contributed by atoms with Crippen molar-refractivity contribution in [2.75, 3.05) is 13.2 Å². The summed E-state index contributed by atoms with van der Waals surface area (Å²) in [5, 5.41) is 17.8. The van der Waals surface area contributed by atoms with E-state index in [0.717, 1.165) is 24.3 Å². The van der Waals surface area contributed by atoms with Crippen molar-refractivity contribution >= 4 is 23.9 Å². The van der Waals surface area contributed by atoms with Gasteiger partial charge in [0.2, 0.25) is 0 Å². The number of carbonyl (C=O) groups is 4. The van der Waals surface area contributed by atoms with E-state index in [9.17, 15) is 19.2 Å². The van der Waals surface area contributed by atoms with Crippen LogP contribution in [0.4, 0.5) is 0 Å². The van der Waals surface area contributed by atoms with Crippen LogP contribution in [0.1, 0.15) is 32.5 Å². The Labute approximate surface area is 126 Å². The van der Waals surface area contributed by atoms with Gasteiger partial charge in [0.15, 0.2) is 0 Å². The van der Waals surface area contributed by atoms with Gasteiger partial charge in [-0.15, -0.1) is 0 Å². The number of rotatable bonds is 7. The molecule has 8 heteroatoms. The quantitative estimate of drug-likeness (QED) is 0.437. The minimum atomic E-state index is -1.46. The van der Waals surface area contributed by atoms with Gasteiger partial charge < -0.3 is 19.7 Å². The molecule has 8 nitrogen and oxygen atoms in total. The van der Waals surface area contributed by atoms with Crippen molar-refractivity contribution in [2.45, 2.75) is 0 Å². The molecule has 2 N–H and O–H groups in total. The second kappa shape index (κ2) is 7.58. The standard InChI is InChI=1S/C14H12O8.H2/c1-2-11(15)21-5-6-22-14(20)9-4-3-8(12(16)17)7-10(9)13(18)19;/h2-4,7H,1,5-6H2,(H,16,17)(H,18,19);1H. The second-order valence-corrected chi connectivity index (χ2v) is 3.88. The zero-order chi connectivity index (χ0) is 16.7. The van der Waals surface area contributed by atoms with Gasteiger partial charge in [-0.05, 0) is 18.2 Å². The Kier molecular flexibility index (Phi) is 5.82. The Balaban J connectivity index is 0.00000484. The number of hydrogen-bond donors (Lipinski definition) is 2. The Morgan fingerprint density at radius 3 is 2.23 bits per heavy atom. The molecule has 0 spiro atoms. The van der Waals surface area contributed by atoms with Crippen LogP contribution in [0.5, 0.6) is 0 Å². The predicted molar refractivity (Wildman–Crippen MR) is 73.9 cm³/mol. The number of esters is 2. The fourth-order valence-electron chi connectivity index (χ4n) is 1.45. The van der Waals surface area contributed by atoms with Crippen LogP contribution in [0.2, 0.25) is 0 Å². The molecule has 0 amide bonds. The zero-order valence-electron chi connectivity index (χ0n) is 11.3. The molecule has 0 aliphatic rings. The lowest BCUT2D eigenvalue weighted by molar-refractivity contribution is -0.138. The normalized spacial score (nSPS) is 9.64. The highest BCUT2D eigenvalue weighted by molar-refractivity contribution is 6.04. The molecule has 0 bridgehead atoms. The van der Waals surface area contributed by atoms with Crippen LogP contribution in [0, 0.1) is 0 Å².